The van der Waals surface area contributed by atoms with Crippen molar-refractivity contribution in [1.82, 2.24) is 5.32 Å². The predicted molar refractivity (Wildman–Crippen MR) is 70.3 cm³/mol. The number of amides is 1. The molecule has 1 aromatic rings. The van der Waals surface area contributed by atoms with Gasteiger partial charge in [-0.25, -0.2) is 4.39 Å². The molecule has 100 valence electrons. The lowest BCUT2D eigenvalue weighted by Gasteiger charge is -2.22. The van der Waals surface area contributed by atoms with E-state index < -0.39 is 0 Å². The van der Waals surface area contributed by atoms with E-state index in [1.165, 1.54) is 12.1 Å². The average Bonchev–Trinajstić information content (AvgIpc) is 2.29. The Bertz CT molecular complexity index is 407. The topological polar surface area (TPSA) is 55.1 Å². The second-order valence-corrected chi connectivity index (χ2v) is 4.87. The van der Waals surface area contributed by atoms with Gasteiger partial charge in [-0.05, 0) is 30.5 Å². The van der Waals surface area contributed by atoms with Gasteiger partial charge in [0.1, 0.15) is 5.82 Å². The molecule has 0 saturated heterocycles. The van der Waals surface area contributed by atoms with Crippen LogP contribution in [-0.2, 0) is 4.79 Å². The maximum absolute atomic E-state index is 13.1. The summed E-state index contributed by atoms with van der Waals surface area (Å²) in [6.45, 7) is 6.08. The lowest BCUT2D eigenvalue weighted by atomic mass is 9.94. The fourth-order valence-electron chi connectivity index (χ4n) is 1.86. The van der Waals surface area contributed by atoms with Gasteiger partial charge in [0.25, 0.3) is 0 Å². The molecule has 0 spiro atoms. The highest BCUT2D eigenvalue weighted by Crippen LogP contribution is 2.16. The molecule has 0 aromatic heterocycles. The monoisotopic (exact) mass is 252 g/mol. The first-order valence-corrected chi connectivity index (χ1v) is 6.21. The fraction of sp³-hybridized carbons (Fsp3) is 0.500. The number of nitrogens with two attached hydrogens (primary N) is 1. The molecule has 0 saturated carbocycles. The molecule has 2 unspecified atom stereocenters. The number of carbonyl (C=O) groups excluding carboxylic acids is 1. The third-order valence-corrected chi connectivity index (χ3v) is 3.10. The SMILES string of the molecule is CC(NC(=O)C(CN)C(C)C)c1cccc(F)c1. The van der Waals surface area contributed by atoms with Gasteiger partial charge in [-0.1, -0.05) is 26.0 Å². The van der Waals surface area contributed by atoms with E-state index in [4.69, 9.17) is 5.73 Å². The number of nitrogens with one attached hydrogen (secondary N) is 1. The van der Waals surface area contributed by atoms with Crippen LogP contribution in [0.5, 0.6) is 0 Å². The third kappa shape index (κ3) is 3.81. The van der Waals surface area contributed by atoms with Crippen molar-refractivity contribution in [3.8, 4) is 0 Å². The molecule has 3 nitrogen and oxygen atoms in total. The van der Waals surface area contributed by atoms with Crippen LogP contribution in [0.15, 0.2) is 24.3 Å². The van der Waals surface area contributed by atoms with E-state index in [1.807, 2.05) is 20.8 Å². The lowest BCUT2D eigenvalue weighted by Crippen LogP contribution is -2.39. The summed E-state index contributed by atoms with van der Waals surface area (Å²) in [6.07, 6.45) is 0. The van der Waals surface area contributed by atoms with Crippen molar-refractivity contribution in [2.24, 2.45) is 17.6 Å². The molecule has 0 heterocycles. The minimum absolute atomic E-state index is 0.0794. The van der Waals surface area contributed by atoms with Crippen LogP contribution in [0, 0.1) is 17.7 Å². The number of rotatable bonds is 5. The molecular weight excluding hydrogens is 231 g/mol. The van der Waals surface area contributed by atoms with E-state index >= 15 is 0 Å². The van der Waals surface area contributed by atoms with E-state index in [-0.39, 0.29) is 29.6 Å². The first-order valence-electron chi connectivity index (χ1n) is 6.21. The number of carbonyl (C=O) groups is 1. The summed E-state index contributed by atoms with van der Waals surface area (Å²) >= 11 is 0. The first kappa shape index (κ1) is 14.6. The van der Waals surface area contributed by atoms with Crippen molar-refractivity contribution >= 4 is 5.91 Å². The van der Waals surface area contributed by atoms with Gasteiger partial charge in [0, 0.05) is 6.54 Å². The summed E-state index contributed by atoms with van der Waals surface area (Å²) in [5.74, 6) is -0.396. The molecule has 18 heavy (non-hydrogen) atoms. The van der Waals surface area contributed by atoms with Crippen LogP contribution in [0.4, 0.5) is 4.39 Å². The van der Waals surface area contributed by atoms with Crippen LogP contribution in [0.1, 0.15) is 32.4 Å². The van der Waals surface area contributed by atoms with E-state index in [1.54, 1.807) is 12.1 Å². The second kappa shape index (κ2) is 6.50. The standard InChI is InChI=1S/C14H21FN2O/c1-9(2)13(8-16)14(18)17-10(3)11-5-4-6-12(15)7-11/h4-7,9-10,13H,8,16H2,1-3H3,(H,17,18). The smallest absolute Gasteiger partial charge is 0.225 e. The highest BCUT2D eigenvalue weighted by molar-refractivity contribution is 5.79. The first-order chi connectivity index (χ1) is 8.45. The van der Waals surface area contributed by atoms with Gasteiger partial charge >= 0.3 is 0 Å². The normalized spacial score (nSPS) is 14.3. The van der Waals surface area contributed by atoms with Crippen molar-refractivity contribution < 1.29 is 9.18 Å². The number of hydrogen-bond donors (Lipinski definition) is 2. The second-order valence-electron chi connectivity index (χ2n) is 4.87. The molecule has 0 aliphatic rings. The van der Waals surface area contributed by atoms with Gasteiger partial charge in [-0.15, -0.1) is 0 Å². The zero-order valence-electron chi connectivity index (χ0n) is 11.1. The van der Waals surface area contributed by atoms with Crippen LogP contribution in [-0.4, -0.2) is 12.5 Å². The van der Waals surface area contributed by atoms with Gasteiger partial charge in [0.05, 0.1) is 12.0 Å². The summed E-state index contributed by atoms with van der Waals surface area (Å²) in [7, 11) is 0. The molecule has 1 amide bonds. The summed E-state index contributed by atoms with van der Waals surface area (Å²) < 4.78 is 13.1. The van der Waals surface area contributed by atoms with Crippen molar-refractivity contribution in [3.05, 3.63) is 35.6 Å². The van der Waals surface area contributed by atoms with Crippen LogP contribution in [0.2, 0.25) is 0 Å². The number of halogens is 1. The zero-order chi connectivity index (χ0) is 13.7. The fourth-order valence-corrected chi connectivity index (χ4v) is 1.86. The van der Waals surface area contributed by atoms with Crippen molar-refractivity contribution in [3.63, 3.8) is 0 Å². The Labute approximate surface area is 108 Å². The van der Waals surface area contributed by atoms with Crippen molar-refractivity contribution in [2.75, 3.05) is 6.54 Å². The minimum atomic E-state index is -0.298. The Hall–Kier alpha value is -1.42. The van der Waals surface area contributed by atoms with Crippen LogP contribution in [0.25, 0.3) is 0 Å². The molecule has 0 aliphatic heterocycles. The predicted octanol–water partition coefficient (Wildman–Crippen LogP) is 2.23. The number of benzene rings is 1. The zero-order valence-corrected chi connectivity index (χ0v) is 11.1. The van der Waals surface area contributed by atoms with Crippen LogP contribution >= 0.6 is 0 Å². The van der Waals surface area contributed by atoms with Crippen LogP contribution in [0.3, 0.4) is 0 Å². The highest BCUT2D eigenvalue weighted by Gasteiger charge is 2.22. The van der Waals surface area contributed by atoms with Gasteiger partial charge in [-0.2, -0.15) is 0 Å². The molecule has 0 fully saturated rings. The Morgan fingerprint density at radius 1 is 1.39 bits per heavy atom. The Balaban J connectivity index is 2.70. The van der Waals surface area contributed by atoms with Crippen LogP contribution < -0.4 is 11.1 Å². The van der Waals surface area contributed by atoms with E-state index in [0.717, 1.165) is 5.56 Å². The Morgan fingerprint density at radius 2 is 2.06 bits per heavy atom. The van der Waals surface area contributed by atoms with E-state index in [9.17, 15) is 9.18 Å². The number of hydrogen-bond acceptors (Lipinski definition) is 2. The molecule has 1 aromatic carbocycles. The maximum Gasteiger partial charge on any atom is 0.225 e. The minimum Gasteiger partial charge on any atom is -0.349 e. The molecule has 3 N–H and O–H groups in total. The molecular formula is C14H21FN2O. The molecule has 0 bridgehead atoms. The summed E-state index contributed by atoms with van der Waals surface area (Å²) in [4.78, 5) is 12.0. The Morgan fingerprint density at radius 3 is 2.56 bits per heavy atom. The van der Waals surface area contributed by atoms with Gasteiger partial charge in [0.15, 0.2) is 0 Å². The summed E-state index contributed by atoms with van der Waals surface area (Å²) in [6, 6.07) is 6.02. The molecule has 4 heteroatoms. The lowest BCUT2D eigenvalue weighted by molar-refractivity contribution is -0.126. The van der Waals surface area contributed by atoms with Crippen molar-refractivity contribution in [2.45, 2.75) is 26.8 Å². The quantitative estimate of drug-likeness (QED) is 0.844. The van der Waals surface area contributed by atoms with Crippen molar-refractivity contribution in [1.29, 1.82) is 0 Å². The third-order valence-electron chi connectivity index (χ3n) is 3.10. The van der Waals surface area contributed by atoms with Gasteiger partial charge < -0.3 is 11.1 Å². The maximum atomic E-state index is 13.1. The molecule has 0 aliphatic carbocycles. The average molecular weight is 252 g/mol. The highest BCUT2D eigenvalue weighted by atomic mass is 19.1. The molecule has 2 atom stereocenters. The Kier molecular flexibility index (Phi) is 5.28. The summed E-state index contributed by atoms with van der Waals surface area (Å²) in [5.41, 5.74) is 6.34. The van der Waals surface area contributed by atoms with E-state index in [2.05, 4.69) is 5.32 Å². The molecule has 1 rings (SSSR count). The largest absolute Gasteiger partial charge is 0.349 e. The van der Waals surface area contributed by atoms with Gasteiger partial charge in [-0.3, -0.25) is 4.79 Å². The molecule has 0 radical (unpaired) electrons. The van der Waals surface area contributed by atoms with Gasteiger partial charge in [0.2, 0.25) is 5.91 Å². The summed E-state index contributed by atoms with van der Waals surface area (Å²) in [5, 5.41) is 2.87. The van der Waals surface area contributed by atoms with E-state index in [0.29, 0.717) is 6.54 Å².